The average molecular weight is 149 g/mol. The Kier molecular flexibility index (Phi) is 2.84. The second-order valence-corrected chi connectivity index (χ2v) is 2.38. The molecule has 0 N–H and O–H groups in total. The first-order valence-corrected chi connectivity index (χ1v) is 3.57. The van der Waals surface area contributed by atoms with Crippen molar-refractivity contribution < 1.29 is 4.39 Å². The fraction of sp³-hybridized carbons (Fsp3) is 0.200. The predicted octanol–water partition coefficient (Wildman–Crippen LogP) is 2.75. The summed E-state index contributed by atoms with van der Waals surface area (Å²) < 4.78 is 12.4. The van der Waals surface area contributed by atoms with Gasteiger partial charge in [-0.15, -0.1) is 0 Å². The van der Waals surface area contributed by atoms with Crippen LogP contribution in [0.4, 0.5) is 4.39 Å². The second kappa shape index (κ2) is 3.91. The standard InChI is InChI=1S/C10H10F/c1-2-3-4-9-5-7-10(11)8-6-9/h5-8H,1,3-4H2/q-1. The van der Waals surface area contributed by atoms with Gasteiger partial charge in [0.2, 0.25) is 0 Å². The number of rotatable bonds is 3. The normalized spacial score (nSPS) is 9.55. The quantitative estimate of drug-likeness (QED) is 0.580. The minimum Gasteiger partial charge on any atom is -0.504 e. The lowest BCUT2D eigenvalue weighted by atomic mass is 10.1. The minimum absolute atomic E-state index is 0.184. The Morgan fingerprint density at radius 2 is 1.91 bits per heavy atom. The van der Waals surface area contributed by atoms with E-state index in [0.29, 0.717) is 0 Å². The van der Waals surface area contributed by atoms with Crippen LogP contribution >= 0.6 is 0 Å². The highest BCUT2D eigenvalue weighted by Gasteiger charge is 1.88. The van der Waals surface area contributed by atoms with Crippen LogP contribution in [0.2, 0.25) is 0 Å². The van der Waals surface area contributed by atoms with Gasteiger partial charge < -0.3 is 6.08 Å². The van der Waals surface area contributed by atoms with Crippen LogP contribution in [0.1, 0.15) is 12.0 Å². The van der Waals surface area contributed by atoms with Crippen molar-refractivity contribution >= 4 is 0 Å². The van der Waals surface area contributed by atoms with E-state index in [9.17, 15) is 4.39 Å². The number of allylic oxidation sites excluding steroid dienone is 1. The third-order valence-electron chi connectivity index (χ3n) is 1.50. The van der Waals surface area contributed by atoms with E-state index in [1.165, 1.54) is 12.1 Å². The van der Waals surface area contributed by atoms with Crippen LogP contribution in [-0.4, -0.2) is 0 Å². The molecule has 0 amide bonds. The summed E-state index contributed by atoms with van der Waals surface area (Å²) in [5.74, 6) is -0.184. The van der Waals surface area contributed by atoms with Gasteiger partial charge in [-0.05, 0) is 12.1 Å². The zero-order valence-corrected chi connectivity index (χ0v) is 6.31. The van der Waals surface area contributed by atoms with Gasteiger partial charge in [0.1, 0.15) is 5.82 Å². The lowest BCUT2D eigenvalue weighted by Gasteiger charge is -2.02. The Bertz CT molecular complexity index is 223. The summed E-state index contributed by atoms with van der Waals surface area (Å²) in [6.45, 7) is 3.49. The lowest BCUT2D eigenvalue weighted by Crippen LogP contribution is -1.82. The molecule has 11 heavy (non-hydrogen) atoms. The van der Waals surface area contributed by atoms with E-state index in [2.05, 4.69) is 12.7 Å². The molecule has 0 bridgehead atoms. The molecule has 0 spiro atoms. The van der Waals surface area contributed by atoms with E-state index in [1.54, 1.807) is 12.1 Å². The Labute approximate surface area is 66.4 Å². The largest absolute Gasteiger partial charge is 0.504 e. The van der Waals surface area contributed by atoms with Gasteiger partial charge in [0.25, 0.3) is 0 Å². The number of hydrogen-bond donors (Lipinski definition) is 0. The first kappa shape index (κ1) is 7.99. The highest BCUT2D eigenvalue weighted by molar-refractivity contribution is 5.16. The molecular formula is C10H10F-. The Balaban J connectivity index is 2.58. The summed E-state index contributed by atoms with van der Waals surface area (Å²) in [7, 11) is 0. The van der Waals surface area contributed by atoms with E-state index < -0.39 is 0 Å². The zero-order valence-electron chi connectivity index (χ0n) is 6.31. The van der Waals surface area contributed by atoms with Crippen LogP contribution in [0.3, 0.4) is 0 Å². The van der Waals surface area contributed by atoms with Crippen LogP contribution in [0, 0.1) is 11.9 Å². The average Bonchev–Trinajstić information content (AvgIpc) is 2.04. The van der Waals surface area contributed by atoms with Crippen LogP contribution in [-0.2, 0) is 6.42 Å². The van der Waals surface area contributed by atoms with Gasteiger partial charge in [-0.1, -0.05) is 24.1 Å². The molecule has 0 unspecified atom stereocenters. The van der Waals surface area contributed by atoms with Crippen LogP contribution in [0.5, 0.6) is 0 Å². The van der Waals surface area contributed by atoms with E-state index in [1.807, 2.05) is 0 Å². The van der Waals surface area contributed by atoms with Crippen molar-refractivity contribution in [1.29, 1.82) is 0 Å². The summed E-state index contributed by atoms with van der Waals surface area (Å²) in [5, 5.41) is 0. The SMILES string of the molecule is C=[C-]CCc1ccc(F)cc1. The van der Waals surface area contributed by atoms with Crippen molar-refractivity contribution in [2.45, 2.75) is 12.8 Å². The van der Waals surface area contributed by atoms with E-state index >= 15 is 0 Å². The van der Waals surface area contributed by atoms with Crippen molar-refractivity contribution in [1.82, 2.24) is 0 Å². The lowest BCUT2D eigenvalue weighted by molar-refractivity contribution is 0.627. The van der Waals surface area contributed by atoms with Gasteiger partial charge >= 0.3 is 0 Å². The molecule has 58 valence electrons. The highest BCUT2D eigenvalue weighted by Crippen LogP contribution is 2.04. The smallest absolute Gasteiger partial charge is 0.123 e. The van der Waals surface area contributed by atoms with Crippen LogP contribution < -0.4 is 0 Å². The zero-order chi connectivity index (χ0) is 8.10. The first-order valence-electron chi connectivity index (χ1n) is 3.57. The third-order valence-corrected chi connectivity index (χ3v) is 1.50. The fourth-order valence-electron chi connectivity index (χ4n) is 0.884. The Morgan fingerprint density at radius 1 is 1.27 bits per heavy atom. The van der Waals surface area contributed by atoms with Crippen LogP contribution in [0.25, 0.3) is 0 Å². The van der Waals surface area contributed by atoms with E-state index in [0.717, 1.165) is 18.4 Å². The Morgan fingerprint density at radius 3 is 2.45 bits per heavy atom. The summed E-state index contributed by atoms with van der Waals surface area (Å²) in [6, 6.07) is 6.51. The topological polar surface area (TPSA) is 0 Å². The minimum atomic E-state index is -0.184. The van der Waals surface area contributed by atoms with Gasteiger partial charge in [0, 0.05) is 0 Å². The van der Waals surface area contributed by atoms with Crippen molar-refractivity contribution in [2.24, 2.45) is 0 Å². The first-order chi connectivity index (χ1) is 5.33. The van der Waals surface area contributed by atoms with E-state index in [4.69, 9.17) is 0 Å². The molecule has 1 aromatic carbocycles. The number of halogens is 1. The summed E-state index contributed by atoms with van der Waals surface area (Å²) >= 11 is 0. The maximum absolute atomic E-state index is 12.4. The molecule has 0 atom stereocenters. The molecule has 0 fully saturated rings. The van der Waals surface area contributed by atoms with Gasteiger partial charge in [0.05, 0.1) is 0 Å². The van der Waals surface area contributed by atoms with Gasteiger partial charge in [-0.3, -0.25) is 6.58 Å². The molecule has 0 aliphatic carbocycles. The molecule has 0 saturated heterocycles. The van der Waals surface area contributed by atoms with Gasteiger partial charge in [-0.25, -0.2) is 4.39 Å². The van der Waals surface area contributed by atoms with Crippen molar-refractivity contribution in [3.63, 3.8) is 0 Å². The maximum Gasteiger partial charge on any atom is 0.123 e. The van der Waals surface area contributed by atoms with Crippen molar-refractivity contribution in [3.8, 4) is 0 Å². The number of hydrogen-bond acceptors (Lipinski definition) is 0. The molecule has 1 rings (SSSR count). The fourth-order valence-corrected chi connectivity index (χ4v) is 0.884. The molecular weight excluding hydrogens is 139 g/mol. The third kappa shape index (κ3) is 2.54. The van der Waals surface area contributed by atoms with Gasteiger partial charge in [-0.2, -0.15) is 6.42 Å². The molecule has 0 heterocycles. The monoisotopic (exact) mass is 149 g/mol. The molecule has 0 aromatic heterocycles. The highest BCUT2D eigenvalue weighted by atomic mass is 19.1. The van der Waals surface area contributed by atoms with Crippen molar-refractivity contribution in [2.75, 3.05) is 0 Å². The maximum atomic E-state index is 12.4. The molecule has 0 aliphatic rings. The molecule has 1 heteroatoms. The van der Waals surface area contributed by atoms with E-state index in [-0.39, 0.29) is 5.82 Å². The number of benzene rings is 1. The van der Waals surface area contributed by atoms with Gasteiger partial charge in [0.15, 0.2) is 0 Å². The molecule has 1 aromatic rings. The summed E-state index contributed by atoms with van der Waals surface area (Å²) in [6.07, 6.45) is 4.50. The van der Waals surface area contributed by atoms with Crippen LogP contribution in [0.15, 0.2) is 30.8 Å². The molecule has 0 radical (unpaired) electrons. The van der Waals surface area contributed by atoms with Crippen molar-refractivity contribution in [3.05, 3.63) is 48.3 Å². The number of aryl methyl sites for hydroxylation is 1. The molecule has 0 nitrogen and oxygen atoms in total. The Hall–Kier alpha value is -1.11. The summed E-state index contributed by atoms with van der Waals surface area (Å²) in [5.41, 5.74) is 1.13. The molecule has 0 aliphatic heterocycles. The summed E-state index contributed by atoms with van der Waals surface area (Å²) in [4.78, 5) is 0. The molecule has 0 saturated carbocycles. The predicted molar refractivity (Wildman–Crippen MR) is 43.6 cm³/mol. The second-order valence-electron chi connectivity index (χ2n) is 2.38.